The molecule has 2 heterocycles. The summed E-state index contributed by atoms with van der Waals surface area (Å²) in [6.45, 7) is 3.37. The fraction of sp³-hybridized carbons (Fsp3) is 0.269. The lowest BCUT2D eigenvalue weighted by Crippen LogP contribution is -2.48. The van der Waals surface area contributed by atoms with E-state index in [0.717, 1.165) is 34.8 Å². The maximum absolute atomic E-state index is 14.0. The van der Waals surface area contributed by atoms with Gasteiger partial charge in [0.15, 0.2) is 11.6 Å². The molecule has 1 fully saturated rings. The molecule has 5 nitrogen and oxygen atoms in total. The molecule has 0 bridgehead atoms. The average molecular weight is 467 g/mol. The lowest BCUT2D eigenvalue weighted by atomic mass is 10.1. The van der Waals surface area contributed by atoms with Crippen LogP contribution in [0.1, 0.15) is 16.0 Å². The molecule has 1 saturated heterocycles. The smallest absolute Gasteiger partial charge is 0.255 e. The number of hydrogen-bond donors (Lipinski definition) is 0. The molecule has 1 aromatic heterocycles. The van der Waals surface area contributed by atoms with Crippen LogP contribution in [0.3, 0.4) is 0 Å². The highest BCUT2D eigenvalue weighted by Crippen LogP contribution is 2.27. The second-order valence-electron chi connectivity index (χ2n) is 7.85. The van der Waals surface area contributed by atoms with Crippen LogP contribution in [0, 0.1) is 5.82 Å². The fourth-order valence-electron chi connectivity index (χ4n) is 3.88. The van der Waals surface area contributed by atoms with Crippen LogP contribution < -0.4 is 9.47 Å². The number of benzene rings is 2. The number of halogens is 1. The van der Waals surface area contributed by atoms with E-state index >= 15 is 0 Å². The van der Waals surface area contributed by atoms with Crippen LogP contribution in [-0.2, 0) is 11.3 Å². The van der Waals surface area contributed by atoms with Gasteiger partial charge in [0.2, 0.25) is 0 Å². The van der Waals surface area contributed by atoms with Gasteiger partial charge in [0.25, 0.3) is 5.91 Å². The molecule has 0 aliphatic carbocycles. The van der Waals surface area contributed by atoms with Crippen molar-refractivity contribution in [2.45, 2.75) is 6.54 Å². The molecule has 1 aliphatic heterocycles. The van der Waals surface area contributed by atoms with Gasteiger partial charge in [-0.25, -0.2) is 4.39 Å². The van der Waals surface area contributed by atoms with Crippen LogP contribution in [0.15, 0.2) is 60.0 Å². The summed E-state index contributed by atoms with van der Waals surface area (Å²) in [5.41, 5.74) is 2.54. The summed E-state index contributed by atoms with van der Waals surface area (Å²) in [4.78, 5) is 18.6. The SMILES string of the molecule is COc1ccc(/C=C(/C(=O)N2CCN(Cc3ccc(OC)c(F)c3)CC2)c2cccs2)cc1. The van der Waals surface area contributed by atoms with Gasteiger partial charge >= 0.3 is 0 Å². The fourth-order valence-corrected chi connectivity index (χ4v) is 4.62. The summed E-state index contributed by atoms with van der Waals surface area (Å²) in [5, 5.41) is 1.98. The maximum Gasteiger partial charge on any atom is 0.255 e. The molecule has 172 valence electrons. The Morgan fingerprint density at radius 2 is 1.79 bits per heavy atom. The Morgan fingerprint density at radius 3 is 2.39 bits per heavy atom. The van der Waals surface area contributed by atoms with E-state index in [9.17, 15) is 9.18 Å². The average Bonchev–Trinajstić information content (AvgIpc) is 3.38. The van der Waals surface area contributed by atoms with E-state index in [0.29, 0.717) is 25.2 Å². The number of ether oxygens (including phenoxy) is 2. The molecule has 2 aromatic carbocycles. The largest absolute Gasteiger partial charge is 0.497 e. The molecule has 4 rings (SSSR count). The summed E-state index contributed by atoms with van der Waals surface area (Å²) in [6.07, 6.45) is 1.94. The van der Waals surface area contributed by atoms with Crippen molar-refractivity contribution < 1.29 is 18.7 Å². The molecule has 0 spiro atoms. The van der Waals surface area contributed by atoms with Crippen LogP contribution in [0.5, 0.6) is 11.5 Å². The number of carbonyl (C=O) groups is 1. The first-order valence-electron chi connectivity index (χ1n) is 10.8. The number of thiophene rings is 1. The van der Waals surface area contributed by atoms with Crippen molar-refractivity contribution in [2.75, 3.05) is 40.4 Å². The van der Waals surface area contributed by atoms with E-state index < -0.39 is 0 Å². The van der Waals surface area contributed by atoms with E-state index in [1.54, 1.807) is 24.5 Å². The highest BCUT2D eigenvalue weighted by atomic mass is 32.1. The summed E-state index contributed by atoms with van der Waals surface area (Å²) in [6, 6.07) is 16.7. The number of piperazine rings is 1. The zero-order valence-corrected chi connectivity index (χ0v) is 19.6. The molecule has 1 aliphatic rings. The second kappa shape index (κ2) is 10.6. The van der Waals surface area contributed by atoms with Gasteiger partial charge in [0, 0.05) is 37.6 Å². The maximum atomic E-state index is 14.0. The Morgan fingerprint density at radius 1 is 1.03 bits per heavy atom. The van der Waals surface area contributed by atoms with Gasteiger partial charge in [0.05, 0.1) is 19.8 Å². The zero-order valence-electron chi connectivity index (χ0n) is 18.8. The third kappa shape index (κ3) is 5.61. The normalized spacial score (nSPS) is 14.9. The van der Waals surface area contributed by atoms with Crippen LogP contribution in [0.4, 0.5) is 4.39 Å². The van der Waals surface area contributed by atoms with Crippen LogP contribution in [0.2, 0.25) is 0 Å². The molecule has 3 aromatic rings. The van der Waals surface area contributed by atoms with E-state index in [1.807, 2.05) is 58.8 Å². The first-order chi connectivity index (χ1) is 16.1. The minimum absolute atomic E-state index is 0.0309. The summed E-state index contributed by atoms with van der Waals surface area (Å²) in [5.74, 6) is 0.708. The minimum atomic E-state index is -0.354. The lowest BCUT2D eigenvalue weighted by molar-refractivity contribution is -0.126. The number of methoxy groups -OCH3 is 2. The molecule has 7 heteroatoms. The number of nitrogens with zero attached hydrogens (tertiary/aromatic N) is 2. The number of hydrogen-bond acceptors (Lipinski definition) is 5. The Kier molecular flexibility index (Phi) is 7.42. The van der Waals surface area contributed by atoms with Gasteiger partial charge in [-0.2, -0.15) is 0 Å². The minimum Gasteiger partial charge on any atom is -0.497 e. The van der Waals surface area contributed by atoms with Gasteiger partial charge < -0.3 is 14.4 Å². The van der Waals surface area contributed by atoms with Crippen molar-refractivity contribution >= 4 is 28.9 Å². The first kappa shape index (κ1) is 23.0. The molecule has 0 atom stereocenters. The molecule has 1 amide bonds. The third-order valence-electron chi connectivity index (χ3n) is 5.73. The Labute approximate surface area is 197 Å². The van der Waals surface area contributed by atoms with Crippen molar-refractivity contribution in [3.63, 3.8) is 0 Å². The van der Waals surface area contributed by atoms with E-state index in [-0.39, 0.29) is 17.5 Å². The van der Waals surface area contributed by atoms with Gasteiger partial charge in [-0.15, -0.1) is 11.3 Å². The Hall–Kier alpha value is -3.16. The van der Waals surface area contributed by atoms with Crippen LogP contribution in [-0.4, -0.2) is 56.1 Å². The van der Waals surface area contributed by atoms with Crippen molar-refractivity contribution in [1.29, 1.82) is 0 Å². The monoisotopic (exact) mass is 466 g/mol. The lowest BCUT2D eigenvalue weighted by Gasteiger charge is -2.35. The van der Waals surface area contributed by atoms with Crippen molar-refractivity contribution in [3.8, 4) is 11.5 Å². The van der Waals surface area contributed by atoms with Crippen LogP contribution >= 0.6 is 11.3 Å². The number of carbonyl (C=O) groups excluding carboxylic acids is 1. The third-order valence-corrected chi connectivity index (χ3v) is 6.63. The molecular formula is C26H27FN2O3S. The summed E-state index contributed by atoms with van der Waals surface area (Å²) >= 11 is 1.56. The predicted octanol–water partition coefficient (Wildman–Crippen LogP) is 4.79. The second-order valence-corrected chi connectivity index (χ2v) is 8.79. The summed E-state index contributed by atoms with van der Waals surface area (Å²) < 4.78 is 24.2. The van der Waals surface area contributed by atoms with Crippen LogP contribution in [0.25, 0.3) is 11.6 Å². The van der Waals surface area contributed by atoms with Gasteiger partial charge in [0.1, 0.15) is 5.75 Å². The van der Waals surface area contributed by atoms with E-state index in [1.165, 1.54) is 13.2 Å². The molecule has 0 N–H and O–H groups in total. The number of rotatable bonds is 7. The van der Waals surface area contributed by atoms with E-state index in [4.69, 9.17) is 9.47 Å². The van der Waals surface area contributed by atoms with Gasteiger partial charge in [-0.1, -0.05) is 24.3 Å². The van der Waals surface area contributed by atoms with Crippen molar-refractivity contribution in [2.24, 2.45) is 0 Å². The molecular weight excluding hydrogens is 439 g/mol. The summed E-state index contributed by atoms with van der Waals surface area (Å²) in [7, 11) is 3.10. The van der Waals surface area contributed by atoms with Gasteiger partial charge in [-0.3, -0.25) is 9.69 Å². The topological polar surface area (TPSA) is 42.0 Å². The van der Waals surface area contributed by atoms with Gasteiger partial charge in [-0.05, 0) is 52.9 Å². The van der Waals surface area contributed by atoms with Crippen molar-refractivity contribution in [3.05, 3.63) is 81.8 Å². The van der Waals surface area contributed by atoms with E-state index in [2.05, 4.69) is 4.90 Å². The molecule has 0 radical (unpaired) electrons. The Bertz CT molecular complexity index is 1110. The molecule has 0 saturated carbocycles. The number of amides is 1. The zero-order chi connectivity index (χ0) is 23.2. The molecule has 33 heavy (non-hydrogen) atoms. The molecule has 0 unspecified atom stereocenters. The first-order valence-corrected chi connectivity index (χ1v) is 11.7. The highest BCUT2D eigenvalue weighted by Gasteiger charge is 2.25. The quantitative estimate of drug-likeness (QED) is 0.470. The van der Waals surface area contributed by atoms with Crippen molar-refractivity contribution in [1.82, 2.24) is 9.80 Å². The Balaban J connectivity index is 1.44. The predicted molar refractivity (Wildman–Crippen MR) is 130 cm³/mol. The standard InChI is InChI=1S/C26H27FN2O3S/c1-31-21-8-5-19(6-9-21)16-22(25-4-3-15-33-25)26(30)29-13-11-28(12-14-29)18-20-7-10-24(32-2)23(27)17-20/h3-10,15-17H,11-14,18H2,1-2H3/b22-16+. The highest BCUT2D eigenvalue weighted by molar-refractivity contribution is 7.11.